The number of ether oxygens (including phenoxy) is 2. The quantitative estimate of drug-likeness (QED) is 0.817. The van der Waals surface area contributed by atoms with E-state index in [1.807, 2.05) is 0 Å². The smallest absolute Gasteiger partial charge is 0.142 e. The molecule has 0 saturated carbocycles. The molecule has 0 atom stereocenters. The van der Waals surface area contributed by atoms with E-state index in [4.69, 9.17) is 9.47 Å². The van der Waals surface area contributed by atoms with Gasteiger partial charge in [-0.25, -0.2) is 0 Å². The molecular formula is C22H28N2O2. The van der Waals surface area contributed by atoms with Crippen LogP contribution in [0.1, 0.15) is 36.1 Å². The third-order valence-corrected chi connectivity index (χ3v) is 5.39. The Balaban J connectivity index is 1.34. The van der Waals surface area contributed by atoms with Gasteiger partial charge in [0.05, 0.1) is 0 Å². The largest absolute Gasteiger partial charge is 0.478 e. The molecule has 4 heteroatoms. The summed E-state index contributed by atoms with van der Waals surface area (Å²) in [6.45, 7) is 9.64. The summed E-state index contributed by atoms with van der Waals surface area (Å²) in [6, 6.07) is 13.1. The Bertz CT molecular complexity index is 709. The highest BCUT2D eigenvalue weighted by molar-refractivity contribution is 5.39. The number of hydrogen-bond acceptors (Lipinski definition) is 4. The first-order valence-corrected chi connectivity index (χ1v) is 9.69. The van der Waals surface area contributed by atoms with Crippen LogP contribution in [0, 0.1) is 0 Å². The van der Waals surface area contributed by atoms with Gasteiger partial charge in [-0.15, -0.1) is 0 Å². The molecule has 0 aliphatic carbocycles. The predicted molar refractivity (Wildman–Crippen MR) is 103 cm³/mol. The van der Waals surface area contributed by atoms with Crippen LogP contribution in [0.25, 0.3) is 0 Å². The van der Waals surface area contributed by atoms with Gasteiger partial charge in [-0.3, -0.25) is 9.80 Å². The van der Waals surface area contributed by atoms with Crippen molar-refractivity contribution in [3.63, 3.8) is 0 Å². The van der Waals surface area contributed by atoms with Gasteiger partial charge < -0.3 is 9.47 Å². The van der Waals surface area contributed by atoms with Crippen LogP contribution in [-0.2, 0) is 25.9 Å². The third-order valence-electron chi connectivity index (χ3n) is 5.39. The normalized spacial score (nSPS) is 17.2. The standard InChI is InChI=1S/C22H28N2O2/c1-3-17-5-7-21-19(11-17)13-23(15-25-21)9-10-24-14-20-12-18(4-2)6-8-22(20)26-16-24/h5-8,11-12H,3-4,9-10,13-16H2,1-2H3. The van der Waals surface area contributed by atoms with Gasteiger partial charge in [-0.2, -0.15) is 0 Å². The first-order chi connectivity index (χ1) is 12.7. The van der Waals surface area contributed by atoms with E-state index in [0.29, 0.717) is 13.5 Å². The molecular weight excluding hydrogens is 324 g/mol. The van der Waals surface area contributed by atoms with Crippen molar-refractivity contribution in [1.82, 2.24) is 9.80 Å². The fourth-order valence-corrected chi connectivity index (χ4v) is 3.70. The van der Waals surface area contributed by atoms with Crippen molar-refractivity contribution in [2.75, 3.05) is 26.6 Å². The van der Waals surface area contributed by atoms with E-state index in [0.717, 1.165) is 50.5 Å². The van der Waals surface area contributed by atoms with Gasteiger partial charge in [0, 0.05) is 37.3 Å². The molecule has 0 fully saturated rings. The average molecular weight is 352 g/mol. The molecule has 0 N–H and O–H groups in total. The highest BCUT2D eigenvalue weighted by Crippen LogP contribution is 2.28. The van der Waals surface area contributed by atoms with Gasteiger partial charge in [0.25, 0.3) is 0 Å². The van der Waals surface area contributed by atoms with Crippen molar-refractivity contribution in [3.8, 4) is 11.5 Å². The summed E-state index contributed by atoms with van der Waals surface area (Å²) in [6.07, 6.45) is 2.13. The average Bonchev–Trinajstić information content (AvgIpc) is 2.70. The second-order valence-electron chi connectivity index (χ2n) is 7.24. The summed E-state index contributed by atoms with van der Waals surface area (Å²) >= 11 is 0. The summed E-state index contributed by atoms with van der Waals surface area (Å²) in [4.78, 5) is 4.75. The van der Waals surface area contributed by atoms with Gasteiger partial charge in [0.2, 0.25) is 0 Å². The van der Waals surface area contributed by atoms with Crippen molar-refractivity contribution in [1.29, 1.82) is 0 Å². The van der Waals surface area contributed by atoms with Gasteiger partial charge in [0.15, 0.2) is 0 Å². The lowest BCUT2D eigenvalue weighted by molar-refractivity contribution is 0.0521. The second-order valence-corrected chi connectivity index (χ2v) is 7.24. The van der Waals surface area contributed by atoms with Crippen LogP contribution in [0.3, 0.4) is 0 Å². The highest BCUT2D eigenvalue weighted by Gasteiger charge is 2.21. The maximum absolute atomic E-state index is 5.94. The SMILES string of the molecule is CCc1ccc2c(c1)CN(CCN1COc3ccc(CC)cc3C1)CO2. The Morgan fingerprint density at radius 1 is 0.731 bits per heavy atom. The fraction of sp³-hybridized carbons (Fsp3) is 0.455. The van der Waals surface area contributed by atoms with E-state index < -0.39 is 0 Å². The molecule has 0 amide bonds. The number of benzene rings is 2. The van der Waals surface area contributed by atoms with Crippen molar-refractivity contribution in [3.05, 3.63) is 58.7 Å². The molecule has 0 aromatic heterocycles. The molecule has 0 spiro atoms. The molecule has 138 valence electrons. The summed E-state index contributed by atoms with van der Waals surface area (Å²) in [5.74, 6) is 2.08. The molecule has 2 aliphatic heterocycles. The lowest BCUT2D eigenvalue weighted by Crippen LogP contribution is -2.41. The van der Waals surface area contributed by atoms with Crippen LogP contribution in [0.15, 0.2) is 36.4 Å². The lowest BCUT2D eigenvalue weighted by atomic mass is 10.1. The predicted octanol–water partition coefficient (Wildman–Crippen LogP) is 3.82. The van der Waals surface area contributed by atoms with E-state index in [1.165, 1.54) is 22.3 Å². The maximum atomic E-state index is 5.94. The van der Waals surface area contributed by atoms with Crippen LogP contribution in [0.4, 0.5) is 0 Å². The van der Waals surface area contributed by atoms with E-state index >= 15 is 0 Å². The summed E-state index contributed by atoms with van der Waals surface area (Å²) in [5, 5.41) is 0. The van der Waals surface area contributed by atoms with Crippen molar-refractivity contribution >= 4 is 0 Å². The Morgan fingerprint density at radius 2 is 1.19 bits per heavy atom. The maximum Gasteiger partial charge on any atom is 0.142 e. The first kappa shape index (κ1) is 17.4. The molecule has 4 rings (SSSR count). The zero-order chi connectivity index (χ0) is 17.9. The van der Waals surface area contributed by atoms with E-state index in [1.54, 1.807) is 0 Å². The van der Waals surface area contributed by atoms with Gasteiger partial charge >= 0.3 is 0 Å². The van der Waals surface area contributed by atoms with Crippen LogP contribution in [0.2, 0.25) is 0 Å². The molecule has 2 aromatic carbocycles. The van der Waals surface area contributed by atoms with E-state index in [2.05, 4.69) is 60.0 Å². The molecule has 2 aromatic rings. The Morgan fingerprint density at radius 3 is 1.62 bits per heavy atom. The molecule has 2 heterocycles. The van der Waals surface area contributed by atoms with Crippen molar-refractivity contribution in [2.24, 2.45) is 0 Å². The van der Waals surface area contributed by atoms with Gasteiger partial charge in [-0.05, 0) is 36.1 Å². The molecule has 4 nitrogen and oxygen atoms in total. The summed E-state index contributed by atoms with van der Waals surface area (Å²) < 4.78 is 11.9. The number of fused-ring (bicyclic) bond motifs is 2. The van der Waals surface area contributed by atoms with Gasteiger partial charge in [0.1, 0.15) is 25.0 Å². The molecule has 0 unspecified atom stereocenters. The van der Waals surface area contributed by atoms with E-state index in [9.17, 15) is 0 Å². The molecule has 0 bridgehead atoms. The van der Waals surface area contributed by atoms with Crippen molar-refractivity contribution in [2.45, 2.75) is 39.8 Å². The zero-order valence-corrected chi connectivity index (χ0v) is 15.8. The van der Waals surface area contributed by atoms with Crippen LogP contribution in [-0.4, -0.2) is 36.4 Å². The van der Waals surface area contributed by atoms with E-state index in [-0.39, 0.29) is 0 Å². The molecule has 0 saturated heterocycles. The summed E-state index contributed by atoms with van der Waals surface area (Å²) in [5.41, 5.74) is 5.37. The Kier molecular flexibility index (Phi) is 5.14. The Labute approximate surface area is 156 Å². The van der Waals surface area contributed by atoms with Gasteiger partial charge in [-0.1, -0.05) is 38.1 Å². The third kappa shape index (κ3) is 3.71. The monoisotopic (exact) mass is 352 g/mol. The Hall–Kier alpha value is -2.04. The zero-order valence-electron chi connectivity index (χ0n) is 15.8. The highest BCUT2D eigenvalue weighted by atomic mass is 16.5. The van der Waals surface area contributed by atoms with Crippen LogP contribution >= 0.6 is 0 Å². The second kappa shape index (κ2) is 7.68. The number of hydrogen-bond donors (Lipinski definition) is 0. The number of aryl methyl sites for hydroxylation is 2. The lowest BCUT2D eigenvalue weighted by Gasteiger charge is -2.33. The van der Waals surface area contributed by atoms with Crippen LogP contribution in [0.5, 0.6) is 11.5 Å². The first-order valence-electron chi connectivity index (χ1n) is 9.69. The molecule has 0 radical (unpaired) electrons. The van der Waals surface area contributed by atoms with Crippen molar-refractivity contribution < 1.29 is 9.47 Å². The minimum absolute atomic E-state index is 0.670. The minimum atomic E-state index is 0.670. The van der Waals surface area contributed by atoms with Crippen LogP contribution < -0.4 is 9.47 Å². The molecule has 26 heavy (non-hydrogen) atoms. The fourth-order valence-electron chi connectivity index (χ4n) is 3.70. The minimum Gasteiger partial charge on any atom is -0.478 e. The number of nitrogens with zero attached hydrogens (tertiary/aromatic N) is 2. The number of rotatable bonds is 5. The topological polar surface area (TPSA) is 24.9 Å². The summed E-state index contributed by atoms with van der Waals surface area (Å²) in [7, 11) is 0. The molecule has 2 aliphatic rings.